The van der Waals surface area contributed by atoms with Crippen molar-refractivity contribution in [3.63, 3.8) is 0 Å². The number of hydrogen-bond donors (Lipinski definition) is 0. The SMILES string of the molecule is CCc1ccc(C(=O)CN2CCC(c3ccccc3)C2)s1. The van der Waals surface area contributed by atoms with E-state index in [1.54, 1.807) is 11.3 Å². The van der Waals surface area contributed by atoms with Crippen LogP contribution in [0.15, 0.2) is 42.5 Å². The minimum Gasteiger partial charge on any atom is -0.295 e. The average molecular weight is 299 g/mol. The summed E-state index contributed by atoms with van der Waals surface area (Å²) in [7, 11) is 0. The molecule has 0 radical (unpaired) electrons. The predicted molar refractivity (Wildman–Crippen MR) is 88.3 cm³/mol. The molecule has 0 spiro atoms. The van der Waals surface area contributed by atoms with Crippen LogP contribution in [0.1, 0.15) is 39.4 Å². The normalized spacial score (nSPS) is 19.0. The van der Waals surface area contributed by atoms with E-state index in [-0.39, 0.29) is 5.78 Å². The van der Waals surface area contributed by atoms with Crippen LogP contribution in [0.2, 0.25) is 0 Å². The van der Waals surface area contributed by atoms with Crippen LogP contribution >= 0.6 is 11.3 Å². The Labute approximate surface area is 130 Å². The van der Waals surface area contributed by atoms with Crippen LogP contribution in [0, 0.1) is 0 Å². The summed E-state index contributed by atoms with van der Waals surface area (Å²) >= 11 is 1.65. The molecule has 1 aliphatic rings. The van der Waals surface area contributed by atoms with Gasteiger partial charge in [-0.15, -0.1) is 11.3 Å². The average Bonchev–Trinajstić information content (AvgIpc) is 3.17. The van der Waals surface area contributed by atoms with E-state index >= 15 is 0 Å². The molecule has 3 heteroatoms. The summed E-state index contributed by atoms with van der Waals surface area (Å²) in [5.74, 6) is 0.849. The quantitative estimate of drug-likeness (QED) is 0.778. The second-order valence-electron chi connectivity index (χ2n) is 5.67. The summed E-state index contributed by atoms with van der Waals surface area (Å²) in [6.45, 7) is 4.72. The summed E-state index contributed by atoms with van der Waals surface area (Å²) in [5, 5.41) is 0. The van der Waals surface area contributed by atoms with Crippen LogP contribution in [-0.2, 0) is 6.42 Å². The second-order valence-corrected chi connectivity index (χ2v) is 6.84. The van der Waals surface area contributed by atoms with Gasteiger partial charge >= 0.3 is 0 Å². The molecule has 21 heavy (non-hydrogen) atoms. The summed E-state index contributed by atoms with van der Waals surface area (Å²) in [6, 6.07) is 14.7. The highest BCUT2D eigenvalue weighted by Crippen LogP contribution is 2.27. The van der Waals surface area contributed by atoms with E-state index in [0.717, 1.165) is 30.8 Å². The molecule has 1 aromatic heterocycles. The van der Waals surface area contributed by atoms with Crippen LogP contribution in [0.5, 0.6) is 0 Å². The Kier molecular flexibility index (Phi) is 4.51. The van der Waals surface area contributed by atoms with Gasteiger partial charge in [0.05, 0.1) is 11.4 Å². The van der Waals surface area contributed by atoms with E-state index in [9.17, 15) is 4.79 Å². The lowest BCUT2D eigenvalue weighted by Gasteiger charge is -2.14. The Morgan fingerprint density at radius 1 is 1.24 bits per heavy atom. The van der Waals surface area contributed by atoms with Gasteiger partial charge in [-0.1, -0.05) is 37.3 Å². The summed E-state index contributed by atoms with van der Waals surface area (Å²) in [4.78, 5) is 16.8. The molecule has 2 heterocycles. The maximum absolute atomic E-state index is 12.3. The molecule has 1 aliphatic heterocycles. The van der Waals surface area contributed by atoms with Gasteiger partial charge in [0.25, 0.3) is 0 Å². The first kappa shape index (κ1) is 14.5. The molecule has 0 aliphatic carbocycles. The molecule has 1 atom stereocenters. The number of aryl methyl sites for hydroxylation is 1. The van der Waals surface area contributed by atoms with E-state index < -0.39 is 0 Å². The smallest absolute Gasteiger partial charge is 0.186 e. The molecule has 0 N–H and O–H groups in total. The minimum absolute atomic E-state index is 0.272. The number of thiophene rings is 1. The predicted octanol–water partition coefficient (Wildman–Crippen LogP) is 3.98. The highest BCUT2D eigenvalue weighted by atomic mass is 32.1. The standard InChI is InChI=1S/C18H21NOS/c1-2-16-8-9-18(21-16)17(20)13-19-11-10-15(12-19)14-6-4-3-5-7-14/h3-9,15H,2,10-13H2,1H3. The fourth-order valence-corrected chi connectivity index (χ4v) is 3.85. The first-order chi connectivity index (χ1) is 10.3. The van der Waals surface area contributed by atoms with Crippen molar-refractivity contribution in [1.29, 1.82) is 0 Å². The third-order valence-electron chi connectivity index (χ3n) is 4.20. The van der Waals surface area contributed by atoms with Gasteiger partial charge in [-0.25, -0.2) is 0 Å². The van der Waals surface area contributed by atoms with Gasteiger partial charge in [-0.3, -0.25) is 9.69 Å². The maximum Gasteiger partial charge on any atom is 0.186 e. The maximum atomic E-state index is 12.3. The Morgan fingerprint density at radius 2 is 2.05 bits per heavy atom. The molecule has 2 nitrogen and oxygen atoms in total. The van der Waals surface area contributed by atoms with Crippen LogP contribution in [0.25, 0.3) is 0 Å². The third kappa shape index (κ3) is 3.42. The van der Waals surface area contributed by atoms with Crippen molar-refractivity contribution in [1.82, 2.24) is 4.90 Å². The first-order valence-corrected chi connectivity index (χ1v) is 8.47. The van der Waals surface area contributed by atoms with Crippen molar-refractivity contribution in [3.05, 3.63) is 57.8 Å². The number of likely N-dealkylation sites (tertiary alicyclic amines) is 1. The molecular formula is C18H21NOS. The van der Waals surface area contributed by atoms with Crippen molar-refractivity contribution >= 4 is 17.1 Å². The Bertz CT molecular complexity index is 605. The minimum atomic E-state index is 0.272. The van der Waals surface area contributed by atoms with Crippen molar-refractivity contribution < 1.29 is 4.79 Å². The van der Waals surface area contributed by atoms with Gasteiger partial charge < -0.3 is 0 Å². The van der Waals surface area contributed by atoms with Crippen molar-refractivity contribution in [3.8, 4) is 0 Å². The van der Waals surface area contributed by atoms with Crippen LogP contribution < -0.4 is 0 Å². The summed E-state index contributed by atoms with van der Waals surface area (Å²) in [5.41, 5.74) is 1.40. The zero-order valence-corrected chi connectivity index (χ0v) is 13.2. The summed E-state index contributed by atoms with van der Waals surface area (Å²) < 4.78 is 0. The zero-order valence-electron chi connectivity index (χ0n) is 12.4. The van der Waals surface area contributed by atoms with Crippen LogP contribution in [0.4, 0.5) is 0 Å². The number of nitrogens with zero attached hydrogens (tertiary/aromatic N) is 1. The Morgan fingerprint density at radius 3 is 2.76 bits per heavy atom. The highest BCUT2D eigenvalue weighted by Gasteiger charge is 2.25. The van der Waals surface area contributed by atoms with Crippen LogP contribution in [-0.4, -0.2) is 30.3 Å². The topological polar surface area (TPSA) is 20.3 Å². The molecule has 0 saturated carbocycles. The number of Topliss-reactive ketones (excluding diaryl/α,β-unsaturated/α-hetero) is 1. The number of rotatable bonds is 5. The van der Waals surface area contributed by atoms with Crippen LogP contribution in [0.3, 0.4) is 0 Å². The second kappa shape index (κ2) is 6.54. The lowest BCUT2D eigenvalue weighted by molar-refractivity contribution is 0.0948. The van der Waals surface area contributed by atoms with Gasteiger partial charge in [-0.2, -0.15) is 0 Å². The van der Waals surface area contributed by atoms with E-state index in [1.165, 1.54) is 10.4 Å². The van der Waals surface area contributed by atoms with Gasteiger partial charge in [-0.05, 0) is 43.0 Å². The molecule has 110 valence electrons. The third-order valence-corrected chi connectivity index (χ3v) is 5.47. The molecular weight excluding hydrogens is 278 g/mol. The van der Waals surface area contributed by atoms with E-state index in [2.05, 4.69) is 48.2 Å². The molecule has 0 amide bonds. The zero-order chi connectivity index (χ0) is 14.7. The fourth-order valence-electron chi connectivity index (χ4n) is 2.97. The number of benzene rings is 1. The number of carbonyl (C=O) groups excluding carboxylic acids is 1. The lowest BCUT2D eigenvalue weighted by atomic mass is 9.99. The molecule has 1 unspecified atom stereocenters. The molecule has 0 bridgehead atoms. The number of ketones is 1. The van der Waals surface area contributed by atoms with Gasteiger partial charge in [0.2, 0.25) is 0 Å². The van der Waals surface area contributed by atoms with E-state index in [0.29, 0.717) is 12.5 Å². The fraction of sp³-hybridized carbons (Fsp3) is 0.389. The van der Waals surface area contributed by atoms with Gasteiger partial charge in [0.15, 0.2) is 5.78 Å². The monoisotopic (exact) mass is 299 g/mol. The van der Waals surface area contributed by atoms with Crippen molar-refractivity contribution in [2.45, 2.75) is 25.7 Å². The lowest BCUT2D eigenvalue weighted by Crippen LogP contribution is -2.27. The van der Waals surface area contributed by atoms with Gasteiger partial charge in [0.1, 0.15) is 0 Å². The summed E-state index contributed by atoms with van der Waals surface area (Å²) in [6.07, 6.45) is 2.17. The van der Waals surface area contributed by atoms with E-state index in [1.807, 2.05) is 6.07 Å². The Hall–Kier alpha value is -1.45. The molecule has 2 aromatic rings. The molecule has 3 rings (SSSR count). The molecule has 1 aromatic carbocycles. The Balaban J connectivity index is 1.58. The molecule has 1 fully saturated rings. The number of carbonyl (C=O) groups is 1. The highest BCUT2D eigenvalue weighted by molar-refractivity contribution is 7.14. The van der Waals surface area contributed by atoms with Crippen molar-refractivity contribution in [2.75, 3.05) is 19.6 Å². The first-order valence-electron chi connectivity index (χ1n) is 7.65. The van der Waals surface area contributed by atoms with Gasteiger partial charge in [0, 0.05) is 11.4 Å². The number of hydrogen-bond acceptors (Lipinski definition) is 3. The van der Waals surface area contributed by atoms with E-state index in [4.69, 9.17) is 0 Å². The molecule has 1 saturated heterocycles. The van der Waals surface area contributed by atoms with Crippen molar-refractivity contribution in [2.24, 2.45) is 0 Å². The largest absolute Gasteiger partial charge is 0.295 e.